The molecule has 0 saturated carbocycles. The molecule has 56 valence electrons. The van der Waals surface area contributed by atoms with Crippen LogP contribution >= 0.6 is 11.6 Å². The average molecular weight is 169 g/mol. The molecule has 2 N–H and O–H groups in total. The number of aromatic nitrogens is 2. The van der Waals surface area contributed by atoms with Gasteiger partial charge in [-0.25, -0.2) is 0 Å². The smallest absolute Gasteiger partial charge is 0.190 e. The molecule has 0 aromatic carbocycles. The summed E-state index contributed by atoms with van der Waals surface area (Å²) in [5.41, 5.74) is 1.35. The highest BCUT2D eigenvalue weighted by Crippen LogP contribution is 2.23. The van der Waals surface area contributed by atoms with Crippen LogP contribution in [0.3, 0.4) is 0 Å². The van der Waals surface area contributed by atoms with Gasteiger partial charge in [0.05, 0.1) is 16.1 Å². The fraction of sp³-hybridized carbons (Fsp3) is 0. The van der Waals surface area contributed by atoms with Gasteiger partial charge in [0.1, 0.15) is 0 Å². The fourth-order valence-corrected chi connectivity index (χ4v) is 1.18. The van der Waals surface area contributed by atoms with E-state index < -0.39 is 0 Å². The van der Waals surface area contributed by atoms with E-state index in [4.69, 9.17) is 16.7 Å². The van der Waals surface area contributed by atoms with E-state index >= 15 is 0 Å². The molecule has 0 fully saturated rings. The van der Waals surface area contributed by atoms with Gasteiger partial charge in [-0.15, -0.1) is 0 Å². The van der Waals surface area contributed by atoms with Crippen molar-refractivity contribution < 1.29 is 5.11 Å². The molecule has 4 heteroatoms. The Labute approximate surface area is 67.6 Å². The molecular formula is C7H5ClN2O. The fourth-order valence-electron chi connectivity index (χ4n) is 0.980. The molecule has 3 nitrogen and oxygen atoms in total. The zero-order chi connectivity index (χ0) is 7.84. The molecule has 0 aliphatic carbocycles. The summed E-state index contributed by atoms with van der Waals surface area (Å²) in [6.45, 7) is 0. The summed E-state index contributed by atoms with van der Waals surface area (Å²) in [4.78, 5) is 6.68. The van der Waals surface area contributed by atoms with E-state index in [0.717, 1.165) is 0 Å². The predicted octanol–water partition coefficient (Wildman–Crippen LogP) is 1.92. The summed E-state index contributed by atoms with van der Waals surface area (Å²) in [7, 11) is 0. The number of aromatic hydroxyl groups is 1. The summed E-state index contributed by atoms with van der Waals surface area (Å²) >= 11 is 5.79. The van der Waals surface area contributed by atoms with Crippen LogP contribution in [0.15, 0.2) is 18.3 Å². The number of nitrogens with zero attached hydrogens (tertiary/aromatic N) is 1. The maximum Gasteiger partial charge on any atom is 0.190 e. The Morgan fingerprint density at radius 2 is 2.36 bits per heavy atom. The van der Waals surface area contributed by atoms with Gasteiger partial charge in [-0.1, -0.05) is 11.6 Å². The quantitative estimate of drug-likeness (QED) is 0.632. The molecule has 0 saturated heterocycles. The second kappa shape index (κ2) is 2.13. The van der Waals surface area contributed by atoms with Crippen molar-refractivity contribution in [3.63, 3.8) is 0 Å². The number of hydrogen-bond acceptors (Lipinski definition) is 2. The second-order valence-corrected chi connectivity index (χ2v) is 2.61. The van der Waals surface area contributed by atoms with Crippen LogP contribution in [0.25, 0.3) is 11.0 Å². The lowest BCUT2D eigenvalue weighted by Gasteiger charge is -1.89. The van der Waals surface area contributed by atoms with Gasteiger partial charge in [0.2, 0.25) is 0 Å². The van der Waals surface area contributed by atoms with Crippen LogP contribution in [-0.4, -0.2) is 15.1 Å². The van der Waals surface area contributed by atoms with Crippen LogP contribution in [-0.2, 0) is 0 Å². The first kappa shape index (κ1) is 6.49. The van der Waals surface area contributed by atoms with E-state index in [-0.39, 0.29) is 5.88 Å². The lowest BCUT2D eigenvalue weighted by molar-refractivity contribution is 0.458. The molecule has 0 radical (unpaired) electrons. The third kappa shape index (κ3) is 0.935. The summed E-state index contributed by atoms with van der Waals surface area (Å²) in [6.07, 6.45) is 1.60. The first-order chi connectivity index (χ1) is 5.27. The highest BCUT2D eigenvalue weighted by molar-refractivity contribution is 6.34. The van der Waals surface area contributed by atoms with Gasteiger partial charge in [0.15, 0.2) is 5.88 Å². The monoisotopic (exact) mass is 168 g/mol. The Hall–Kier alpha value is -1.22. The summed E-state index contributed by atoms with van der Waals surface area (Å²) < 4.78 is 0. The summed E-state index contributed by atoms with van der Waals surface area (Å²) in [6, 6.07) is 3.20. The molecule has 0 aliphatic rings. The number of fused-ring (bicyclic) bond motifs is 1. The van der Waals surface area contributed by atoms with Gasteiger partial charge in [0.25, 0.3) is 0 Å². The maximum atomic E-state index is 9.03. The number of aromatic amines is 1. The molecule has 2 aromatic rings. The molecule has 0 unspecified atom stereocenters. The molecule has 0 atom stereocenters. The highest BCUT2D eigenvalue weighted by atomic mass is 35.5. The lowest BCUT2D eigenvalue weighted by Crippen LogP contribution is -1.73. The minimum Gasteiger partial charge on any atom is -0.495 e. The molecule has 11 heavy (non-hydrogen) atoms. The van der Waals surface area contributed by atoms with Crippen molar-refractivity contribution in [1.82, 2.24) is 9.97 Å². The SMILES string of the molecule is Oc1cc2nccc(Cl)c2[nH]1. The van der Waals surface area contributed by atoms with Crippen molar-refractivity contribution in [2.24, 2.45) is 0 Å². The van der Waals surface area contributed by atoms with E-state index in [1.807, 2.05) is 0 Å². The van der Waals surface area contributed by atoms with Crippen LogP contribution < -0.4 is 0 Å². The number of nitrogens with one attached hydrogen (secondary N) is 1. The summed E-state index contributed by atoms with van der Waals surface area (Å²) in [5, 5.41) is 9.59. The van der Waals surface area contributed by atoms with Gasteiger partial charge in [-0.05, 0) is 6.07 Å². The van der Waals surface area contributed by atoms with Crippen LogP contribution in [0, 0.1) is 0 Å². The largest absolute Gasteiger partial charge is 0.495 e. The van der Waals surface area contributed by atoms with Crippen molar-refractivity contribution in [2.75, 3.05) is 0 Å². The first-order valence-electron chi connectivity index (χ1n) is 3.09. The minimum atomic E-state index is 0.0839. The van der Waals surface area contributed by atoms with E-state index in [2.05, 4.69) is 9.97 Å². The van der Waals surface area contributed by atoms with E-state index in [0.29, 0.717) is 16.1 Å². The molecule has 2 rings (SSSR count). The predicted molar refractivity (Wildman–Crippen MR) is 42.8 cm³/mol. The van der Waals surface area contributed by atoms with E-state index in [1.54, 1.807) is 12.3 Å². The van der Waals surface area contributed by atoms with Crippen molar-refractivity contribution in [3.05, 3.63) is 23.4 Å². The van der Waals surface area contributed by atoms with Gasteiger partial charge in [-0.2, -0.15) is 0 Å². The maximum absolute atomic E-state index is 9.03. The third-order valence-electron chi connectivity index (χ3n) is 1.46. The third-order valence-corrected chi connectivity index (χ3v) is 1.77. The molecule has 2 aromatic heterocycles. The van der Waals surface area contributed by atoms with E-state index in [1.165, 1.54) is 6.07 Å². The lowest BCUT2D eigenvalue weighted by atomic mass is 10.4. The number of halogens is 1. The van der Waals surface area contributed by atoms with Crippen molar-refractivity contribution >= 4 is 22.6 Å². The zero-order valence-electron chi connectivity index (χ0n) is 5.50. The molecule has 0 bridgehead atoms. The Bertz CT molecular complexity index is 396. The van der Waals surface area contributed by atoms with Crippen LogP contribution in [0.2, 0.25) is 5.02 Å². The van der Waals surface area contributed by atoms with E-state index in [9.17, 15) is 0 Å². The van der Waals surface area contributed by atoms with Gasteiger partial charge < -0.3 is 10.1 Å². The normalized spacial score (nSPS) is 10.6. The van der Waals surface area contributed by atoms with Crippen molar-refractivity contribution in [2.45, 2.75) is 0 Å². The molecule has 0 aliphatic heterocycles. The van der Waals surface area contributed by atoms with Crippen LogP contribution in [0.5, 0.6) is 5.88 Å². The Morgan fingerprint density at radius 3 is 3.09 bits per heavy atom. The van der Waals surface area contributed by atoms with Gasteiger partial charge in [0, 0.05) is 12.3 Å². The van der Waals surface area contributed by atoms with Crippen molar-refractivity contribution in [3.8, 4) is 5.88 Å². The first-order valence-corrected chi connectivity index (χ1v) is 3.47. The number of pyridine rings is 1. The van der Waals surface area contributed by atoms with Crippen molar-refractivity contribution in [1.29, 1.82) is 0 Å². The Kier molecular flexibility index (Phi) is 1.26. The molecule has 0 amide bonds. The molecular weight excluding hydrogens is 164 g/mol. The topological polar surface area (TPSA) is 48.9 Å². The van der Waals surface area contributed by atoms with Gasteiger partial charge in [-0.3, -0.25) is 4.98 Å². The zero-order valence-corrected chi connectivity index (χ0v) is 6.26. The van der Waals surface area contributed by atoms with Crippen LogP contribution in [0.4, 0.5) is 0 Å². The standard InChI is InChI=1S/C7H5ClN2O/c8-4-1-2-9-5-3-6(11)10-7(4)5/h1-3,10-11H. The number of rotatable bonds is 0. The highest BCUT2D eigenvalue weighted by Gasteiger charge is 2.02. The minimum absolute atomic E-state index is 0.0839. The molecule has 0 spiro atoms. The molecule has 2 heterocycles. The Balaban J connectivity index is 2.90. The summed E-state index contributed by atoms with van der Waals surface area (Å²) in [5.74, 6) is 0.0839. The number of hydrogen-bond donors (Lipinski definition) is 2. The average Bonchev–Trinajstić information content (AvgIpc) is 2.31. The second-order valence-electron chi connectivity index (χ2n) is 2.21. The van der Waals surface area contributed by atoms with Gasteiger partial charge >= 0.3 is 0 Å². The number of H-pyrrole nitrogens is 1. The Morgan fingerprint density at radius 1 is 1.55 bits per heavy atom. The van der Waals surface area contributed by atoms with Crippen LogP contribution in [0.1, 0.15) is 0 Å².